The number of nitrogens with zero attached hydrogens (tertiary/aromatic N) is 2. The van der Waals surface area contributed by atoms with Gasteiger partial charge >= 0.3 is 0 Å². The van der Waals surface area contributed by atoms with Gasteiger partial charge in [-0.2, -0.15) is 0 Å². The van der Waals surface area contributed by atoms with Crippen molar-refractivity contribution in [2.45, 2.75) is 13.3 Å². The van der Waals surface area contributed by atoms with E-state index in [-0.39, 0.29) is 0 Å². The van der Waals surface area contributed by atoms with Gasteiger partial charge in [0.2, 0.25) is 0 Å². The van der Waals surface area contributed by atoms with Crippen LogP contribution in [0, 0.1) is 3.57 Å². The second-order valence-electron chi connectivity index (χ2n) is 2.64. The molecular weight excluding hydrogens is 300 g/mol. The van der Waals surface area contributed by atoms with E-state index in [1.165, 1.54) is 0 Å². The van der Waals surface area contributed by atoms with Crippen LogP contribution in [0.3, 0.4) is 0 Å². The molecule has 0 fully saturated rings. The van der Waals surface area contributed by atoms with Crippen LogP contribution in [0.2, 0.25) is 5.15 Å². The summed E-state index contributed by atoms with van der Waals surface area (Å²) in [6, 6.07) is 0. The fourth-order valence-electron chi connectivity index (χ4n) is 1.15. The van der Waals surface area contributed by atoms with Crippen molar-refractivity contribution in [1.29, 1.82) is 0 Å². The molecule has 68 valence electrons. The fourth-order valence-corrected chi connectivity index (χ4v) is 2.27. The van der Waals surface area contributed by atoms with E-state index in [2.05, 4.69) is 37.5 Å². The second-order valence-corrected chi connectivity index (χ2v) is 4.16. The maximum Gasteiger partial charge on any atom is 0.143 e. The Labute approximate surface area is 94.1 Å². The first-order valence-corrected chi connectivity index (χ1v) is 5.37. The zero-order chi connectivity index (χ0) is 9.42. The summed E-state index contributed by atoms with van der Waals surface area (Å²) in [4.78, 5) is 11.6. The van der Waals surface area contributed by atoms with Gasteiger partial charge < -0.3 is 4.98 Å². The fraction of sp³-hybridized carbons (Fsp3) is 0.250. The molecule has 2 aromatic heterocycles. The number of aromatic nitrogens is 3. The topological polar surface area (TPSA) is 41.6 Å². The zero-order valence-electron chi connectivity index (χ0n) is 6.93. The minimum atomic E-state index is 0.535. The van der Waals surface area contributed by atoms with Crippen LogP contribution in [0.5, 0.6) is 0 Å². The Hall–Kier alpha value is -0.360. The van der Waals surface area contributed by atoms with Gasteiger partial charge in [-0.05, 0) is 22.6 Å². The van der Waals surface area contributed by atoms with E-state index < -0.39 is 0 Å². The molecule has 0 aromatic carbocycles. The van der Waals surface area contributed by atoms with Gasteiger partial charge in [-0.25, -0.2) is 9.97 Å². The van der Waals surface area contributed by atoms with Crippen molar-refractivity contribution in [3.05, 3.63) is 20.7 Å². The Kier molecular flexibility index (Phi) is 2.42. The van der Waals surface area contributed by atoms with Crippen LogP contribution in [0.25, 0.3) is 11.0 Å². The predicted molar refractivity (Wildman–Crippen MR) is 61.0 cm³/mol. The molecule has 0 aliphatic rings. The number of hydrogen-bond donors (Lipinski definition) is 1. The molecule has 0 aliphatic carbocycles. The van der Waals surface area contributed by atoms with Crippen molar-refractivity contribution in [1.82, 2.24) is 15.0 Å². The average Bonchev–Trinajstić information content (AvgIpc) is 2.48. The maximum absolute atomic E-state index is 6.01. The second kappa shape index (κ2) is 3.42. The largest absolute Gasteiger partial charge is 0.345 e. The van der Waals surface area contributed by atoms with Crippen molar-refractivity contribution in [3.8, 4) is 0 Å². The molecular formula is C8H7ClIN3. The first-order valence-electron chi connectivity index (χ1n) is 3.91. The molecule has 13 heavy (non-hydrogen) atoms. The first-order chi connectivity index (χ1) is 6.22. The zero-order valence-corrected chi connectivity index (χ0v) is 9.85. The van der Waals surface area contributed by atoms with Gasteiger partial charge in [0.05, 0.1) is 5.39 Å². The van der Waals surface area contributed by atoms with Gasteiger partial charge in [0.25, 0.3) is 0 Å². The Morgan fingerprint density at radius 2 is 2.31 bits per heavy atom. The monoisotopic (exact) mass is 307 g/mol. The Morgan fingerprint density at radius 3 is 3.00 bits per heavy atom. The number of halogens is 2. The third kappa shape index (κ3) is 1.52. The minimum absolute atomic E-state index is 0.535. The number of aryl methyl sites for hydroxylation is 1. The van der Waals surface area contributed by atoms with Crippen LogP contribution in [-0.4, -0.2) is 15.0 Å². The Bertz CT molecular complexity index is 452. The summed E-state index contributed by atoms with van der Waals surface area (Å²) in [6.45, 7) is 2.01. The summed E-state index contributed by atoms with van der Waals surface area (Å²) >= 11 is 8.22. The maximum atomic E-state index is 6.01. The lowest BCUT2D eigenvalue weighted by atomic mass is 10.4. The van der Waals surface area contributed by atoms with Gasteiger partial charge in [0.1, 0.15) is 16.6 Å². The van der Waals surface area contributed by atoms with E-state index in [0.717, 1.165) is 26.8 Å². The van der Waals surface area contributed by atoms with Gasteiger partial charge in [-0.15, -0.1) is 0 Å². The van der Waals surface area contributed by atoms with Gasteiger partial charge in [0, 0.05) is 16.2 Å². The van der Waals surface area contributed by atoms with E-state index in [1.54, 1.807) is 0 Å². The SMILES string of the molecule is CCc1nc(Cl)c2c(I)c[nH]c2n1. The van der Waals surface area contributed by atoms with E-state index >= 15 is 0 Å². The predicted octanol–water partition coefficient (Wildman–Crippen LogP) is 2.78. The van der Waals surface area contributed by atoms with Crippen molar-refractivity contribution in [2.75, 3.05) is 0 Å². The lowest BCUT2D eigenvalue weighted by molar-refractivity contribution is 0.956. The van der Waals surface area contributed by atoms with E-state index in [4.69, 9.17) is 11.6 Å². The smallest absolute Gasteiger partial charge is 0.143 e. The minimum Gasteiger partial charge on any atom is -0.345 e. The standard InChI is InChI=1S/C8H7ClIN3/c1-2-5-12-7(9)6-4(10)3-11-8(6)13-5/h3H,2H2,1H3,(H,11,12,13). The van der Waals surface area contributed by atoms with Crippen molar-refractivity contribution >= 4 is 45.2 Å². The number of hydrogen-bond acceptors (Lipinski definition) is 2. The van der Waals surface area contributed by atoms with E-state index in [9.17, 15) is 0 Å². The van der Waals surface area contributed by atoms with Crippen LogP contribution in [0.1, 0.15) is 12.7 Å². The molecule has 0 aliphatic heterocycles. The number of nitrogens with one attached hydrogen (secondary N) is 1. The summed E-state index contributed by atoms with van der Waals surface area (Å²) in [6.07, 6.45) is 2.68. The molecule has 0 radical (unpaired) electrons. The molecule has 1 N–H and O–H groups in total. The van der Waals surface area contributed by atoms with Gasteiger partial charge in [-0.3, -0.25) is 0 Å². The summed E-state index contributed by atoms with van der Waals surface area (Å²) in [5.41, 5.74) is 0.821. The lowest BCUT2D eigenvalue weighted by Crippen LogP contribution is -1.93. The number of rotatable bonds is 1. The lowest BCUT2D eigenvalue weighted by Gasteiger charge is -1.97. The molecule has 0 bridgehead atoms. The quantitative estimate of drug-likeness (QED) is 0.650. The highest BCUT2D eigenvalue weighted by Gasteiger charge is 2.09. The number of H-pyrrole nitrogens is 1. The molecule has 2 heterocycles. The van der Waals surface area contributed by atoms with Crippen LogP contribution in [0.4, 0.5) is 0 Å². The van der Waals surface area contributed by atoms with Gasteiger partial charge in [0.15, 0.2) is 0 Å². The van der Waals surface area contributed by atoms with Crippen LogP contribution >= 0.6 is 34.2 Å². The average molecular weight is 308 g/mol. The summed E-state index contributed by atoms with van der Waals surface area (Å²) < 4.78 is 1.06. The Morgan fingerprint density at radius 1 is 1.54 bits per heavy atom. The summed E-state index contributed by atoms with van der Waals surface area (Å²) in [7, 11) is 0. The van der Waals surface area contributed by atoms with E-state index in [0.29, 0.717) is 5.15 Å². The molecule has 5 heteroatoms. The summed E-state index contributed by atoms with van der Waals surface area (Å²) in [5.74, 6) is 0.774. The third-order valence-corrected chi connectivity index (χ3v) is 2.93. The molecule has 0 saturated heterocycles. The van der Waals surface area contributed by atoms with Crippen molar-refractivity contribution in [2.24, 2.45) is 0 Å². The van der Waals surface area contributed by atoms with Gasteiger partial charge in [-0.1, -0.05) is 18.5 Å². The molecule has 0 saturated carbocycles. The first kappa shape index (κ1) is 9.21. The molecule has 3 nitrogen and oxygen atoms in total. The Balaban J connectivity index is 2.79. The summed E-state index contributed by atoms with van der Waals surface area (Å²) in [5, 5.41) is 1.45. The molecule has 0 amide bonds. The van der Waals surface area contributed by atoms with Crippen LogP contribution < -0.4 is 0 Å². The molecule has 0 spiro atoms. The number of aromatic amines is 1. The van der Waals surface area contributed by atoms with Crippen LogP contribution in [0.15, 0.2) is 6.20 Å². The highest BCUT2D eigenvalue weighted by molar-refractivity contribution is 14.1. The highest BCUT2D eigenvalue weighted by atomic mass is 127. The van der Waals surface area contributed by atoms with E-state index in [1.807, 2.05) is 13.1 Å². The van der Waals surface area contributed by atoms with Crippen molar-refractivity contribution < 1.29 is 0 Å². The molecule has 2 rings (SSSR count). The highest BCUT2D eigenvalue weighted by Crippen LogP contribution is 2.24. The van der Waals surface area contributed by atoms with Crippen LogP contribution in [-0.2, 0) is 6.42 Å². The molecule has 0 atom stereocenters. The molecule has 0 unspecified atom stereocenters. The normalized spacial score (nSPS) is 11.0. The molecule has 2 aromatic rings. The third-order valence-electron chi connectivity index (χ3n) is 1.80. The van der Waals surface area contributed by atoms with Crippen molar-refractivity contribution in [3.63, 3.8) is 0 Å². The number of fused-ring (bicyclic) bond motifs is 1.